The molecular weight excluding hydrogens is 354 g/mol. The molecule has 1 atom stereocenters. The van der Waals surface area contributed by atoms with Crippen molar-refractivity contribution in [3.63, 3.8) is 0 Å². The molecule has 0 aliphatic heterocycles. The summed E-state index contributed by atoms with van der Waals surface area (Å²) in [5.41, 5.74) is 0.810. The maximum absolute atomic E-state index is 12.2. The van der Waals surface area contributed by atoms with Crippen molar-refractivity contribution < 1.29 is 14.7 Å². The molecule has 132 valence electrons. The van der Waals surface area contributed by atoms with Crippen LogP contribution in [0.1, 0.15) is 24.4 Å². The van der Waals surface area contributed by atoms with Gasteiger partial charge in [-0.2, -0.15) is 0 Å². The summed E-state index contributed by atoms with van der Waals surface area (Å²) < 4.78 is 0. The topological polar surface area (TPSA) is 66.4 Å². The summed E-state index contributed by atoms with van der Waals surface area (Å²) in [5.74, 6) is -0.414. The number of hydrogen-bond acceptors (Lipinski definition) is 4. The van der Waals surface area contributed by atoms with E-state index in [0.29, 0.717) is 12.2 Å². The van der Waals surface area contributed by atoms with Crippen LogP contribution in [0, 0.1) is 0 Å². The Morgan fingerprint density at radius 3 is 2.32 bits per heavy atom. The number of carboxylic acid groups (broad SMARTS) is 1. The number of carboxylic acids is 1. The van der Waals surface area contributed by atoms with E-state index in [1.54, 1.807) is 23.5 Å². The molecule has 2 aromatic rings. The monoisotopic (exact) mass is 375 g/mol. The molecular formula is C19H21NO3S2. The van der Waals surface area contributed by atoms with Crippen molar-refractivity contribution in [1.82, 2.24) is 5.32 Å². The Hall–Kier alpha value is -1.92. The van der Waals surface area contributed by atoms with Gasteiger partial charge in [-0.25, -0.2) is 0 Å². The van der Waals surface area contributed by atoms with Crippen LogP contribution in [0.25, 0.3) is 0 Å². The van der Waals surface area contributed by atoms with Gasteiger partial charge in [-0.3, -0.25) is 9.59 Å². The van der Waals surface area contributed by atoms with Gasteiger partial charge in [0.05, 0.1) is 12.5 Å². The van der Waals surface area contributed by atoms with E-state index >= 15 is 0 Å². The first-order valence-corrected chi connectivity index (χ1v) is 10.1. The zero-order valence-corrected chi connectivity index (χ0v) is 15.6. The predicted molar refractivity (Wildman–Crippen MR) is 103 cm³/mol. The van der Waals surface area contributed by atoms with E-state index in [4.69, 9.17) is 5.11 Å². The number of carbonyl (C=O) groups excluding carboxylic acids is 1. The Bertz CT molecular complexity index is 690. The van der Waals surface area contributed by atoms with E-state index in [-0.39, 0.29) is 12.3 Å². The molecule has 0 aliphatic rings. The highest BCUT2D eigenvalue weighted by molar-refractivity contribution is 7.99. The SMILES string of the molecule is CSc1ccc(C(CC(=O)O)NC(=O)CCSc2ccccc2)cc1. The largest absolute Gasteiger partial charge is 0.481 e. The summed E-state index contributed by atoms with van der Waals surface area (Å²) in [6.07, 6.45) is 2.20. The number of thioether (sulfide) groups is 2. The normalized spacial score (nSPS) is 11.7. The van der Waals surface area contributed by atoms with Gasteiger partial charge in [0.25, 0.3) is 0 Å². The Morgan fingerprint density at radius 2 is 1.72 bits per heavy atom. The quantitative estimate of drug-likeness (QED) is 0.642. The lowest BCUT2D eigenvalue weighted by molar-refractivity contribution is -0.137. The standard InChI is InChI=1S/C19H21NO3S2/c1-24-15-9-7-14(8-10-15)17(13-19(22)23)20-18(21)11-12-25-16-5-3-2-4-6-16/h2-10,17H,11-13H2,1H3,(H,20,21)(H,22,23). The molecule has 0 aliphatic carbocycles. The minimum atomic E-state index is -0.932. The van der Waals surface area contributed by atoms with Crippen molar-refractivity contribution >= 4 is 35.4 Å². The first kappa shape index (κ1) is 19.4. The van der Waals surface area contributed by atoms with Crippen molar-refractivity contribution in [3.05, 3.63) is 60.2 Å². The van der Waals surface area contributed by atoms with E-state index in [1.807, 2.05) is 60.9 Å². The van der Waals surface area contributed by atoms with E-state index in [2.05, 4.69) is 5.32 Å². The highest BCUT2D eigenvalue weighted by Crippen LogP contribution is 2.22. The van der Waals surface area contributed by atoms with Crippen molar-refractivity contribution in [3.8, 4) is 0 Å². The minimum Gasteiger partial charge on any atom is -0.481 e. The van der Waals surface area contributed by atoms with Crippen molar-refractivity contribution in [2.75, 3.05) is 12.0 Å². The maximum Gasteiger partial charge on any atom is 0.305 e. The van der Waals surface area contributed by atoms with Gasteiger partial charge >= 0.3 is 5.97 Å². The third-order valence-corrected chi connectivity index (χ3v) is 5.33. The second-order valence-corrected chi connectivity index (χ2v) is 7.45. The number of benzene rings is 2. The van der Waals surface area contributed by atoms with Crippen LogP contribution in [0.3, 0.4) is 0 Å². The number of hydrogen-bond donors (Lipinski definition) is 2. The van der Waals surface area contributed by atoms with Crippen LogP contribution in [0.5, 0.6) is 0 Å². The summed E-state index contributed by atoms with van der Waals surface area (Å²) in [7, 11) is 0. The number of carbonyl (C=O) groups is 2. The highest BCUT2D eigenvalue weighted by atomic mass is 32.2. The average molecular weight is 376 g/mol. The van der Waals surface area contributed by atoms with Gasteiger partial charge in [0.15, 0.2) is 0 Å². The summed E-state index contributed by atoms with van der Waals surface area (Å²) in [6, 6.07) is 17.0. The number of aliphatic carboxylic acids is 1. The minimum absolute atomic E-state index is 0.129. The van der Waals surface area contributed by atoms with Crippen LogP contribution in [-0.4, -0.2) is 29.0 Å². The van der Waals surface area contributed by atoms with Gasteiger partial charge in [0.2, 0.25) is 5.91 Å². The molecule has 0 heterocycles. The van der Waals surface area contributed by atoms with Gasteiger partial charge in [0.1, 0.15) is 0 Å². The second-order valence-electron chi connectivity index (χ2n) is 5.40. The zero-order valence-electron chi connectivity index (χ0n) is 14.0. The molecule has 2 N–H and O–H groups in total. The van der Waals surface area contributed by atoms with E-state index in [0.717, 1.165) is 15.4 Å². The molecule has 0 spiro atoms. The number of nitrogens with one attached hydrogen (secondary N) is 1. The number of rotatable bonds is 9. The molecule has 0 saturated heterocycles. The average Bonchev–Trinajstić information content (AvgIpc) is 2.62. The molecule has 6 heteroatoms. The smallest absolute Gasteiger partial charge is 0.305 e. The molecule has 4 nitrogen and oxygen atoms in total. The molecule has 2 rings (SSSR count). The van der Waals surface area contributed by atoms with E-state index < -0.39 is 12.0 Å². The molecule has 0 saturated carbocycles. The molecule has 0 bridgehead atoms. The molecule has 0 fully saturated rings. The zero-order chi connectivity index (χ0) is 18.1. The molecule has 0 radical (unpaired) electrons. The fraction of sp³-hybridized carbons (Fsp3) is 0.263. The lowest BCUT2D eigenvalue weighted by Crippen LogP contribution is -2.30. The first-order chi connectivity index (χ1) is 12.1. The molecule has 2 aromatic carbocycles. The van der Waals surface area contributed by atoms with Gasteiger partial charge in [-0.05, 0) is 36.1 Å². The Labute approximate surface area is 156 Å². The highest BCUT2D eigenvalue weighted by Gasteiger charge is 2.18. The molecule has 1 amide bonds. The van der Waals surface area contributed by atoms with Gasteiger partial charge in [-0.15, -0.1) is 23.5 Å². The second kappa shape index (κ2) is 10.2. The van der Waals surface area contributed by atoms with Crippen LogP contribution < -0.4 is 5.32 Å². The van der Waals surface area contributed by atoms with Gasteiger partial charge in [-0.1, -0.05) is 30.3 Å². The first-order valence-electron chi connectivity index (χ1n) is 7.91. The van der Waals surface area contributed by atoms with Gasteiger partial charge in [0, 0.05) is 22.0 Å². The van der Waals surface area contributed by atoms with E-state index in [9.17, 15) is 9.59 Å². The third-order valence-electron chi connectivity index (χ3n) is 3.57. The number of amides is 1. The third kappa shape index (κ3) is 6.84. The van der Waals surface area contributed by atoms with Crippen molar-refractivity contribution in [2.24, 2.45) is 0 Å². The predicted octanol–water partition coefficient (Wildman–Crippen LogP) is 4.22. The van der Waals surface area contributed by atoms with E-state index in [1.165, 1.54) is 0 Å². The van der Waals surface area contributed by atoms with Crippen LogP contribution in [0.2, 0.25) is 0 Å². The van der Waals surface area contributed by atoms with Crippen LogP contribution >= 0.6 is 23.5 Å². The van der Waals surface area contributed by atoms with Gasteiger partial charge < -0.3 is 10.4 Å². The fourth-order valence-electron chi connectivity index (χ4n) is 2.31. The Kier molecular flexibility index (Phi) is 7.88. The van der Waals surface area contributed by atoms with Crippen molar-refractivity contribution in [2.45, 2.75) is 28.7 Å². The summed E-state index contributed by atoms with van der Waals surface area (Å²) in [6.45, 7) is 0. The summed E-state index contributed by atoms with van der Waals surface area (Å²) in [4.78, 5) is 25.5. The van der Waals surface area contributed by atoms with Crippen LogP contribution in [0.4, 0.5) is 0 Å². The molecule has 0 aromatic heterocycles. The summed E-state index contributed by atoms with van der Waals surface area (Å²) >= 11 is 3.23. The Morgan fingerprint density at radius 1 is 1.04 bits per heavy atom. The fourth-order valence-corrected chi connectivity index (χ4v) is 3.59. The molecule has 1 unspecified atom stereocenters. The lowest BCUT2D eigenvalue weighted by atomic mass is 10.0. The van der Waals surface area contributed by atoms with Crippen molar-refractivity contribution in [1.29, 1.82) is 0 Å². The Balaban J connectivity index is 1.91. The molecule has 25 heavy (non-hydrogen) atoms. The van der Waals surface area contributed by atoms with Crippen LogP contribution in [0.15, 0.2) is 64.4 Å². The maximum atomic E-state index is 12.2. The van der Waals surface area contributed by atoms with Crippen LogP contribution in [-0.2, 0) is 9.59 Å². The summed E-state index contributed by atoms with van der Waals surface area (Å²) in [5, 5.41) is 12.0. The lowest BCUT2D eigenvalue weighted by Gasteiger charge is -2.18.